The maximum atomic E-state index is 13.8. The van der Waals surface area contributed by atoms with Crippen LogP contribution in [0.25, 0.3) is 0 Å². The number of amides is 4. The Labute approximate surface area is 252 Å². The molecule has 1 atom stereocenters. The molecule has 1 unspecified atom stereocenters. The molecule has 2 aromatic carbocycles. The number of nitrogens with one attached hydrogen (secondary N) is 1. The number of pyridine rings is 1. The molecule has 12 nitrogen and oxygen atoms in total. The second-order valence-corrected chi connectivity index (χ2v) is 10.2. The number of aromatic nitrogens is 1. The van der Waals surface area contributed by atoms with Gasteiger partial charge >= 0.3 is 0 Å². The van der Waals surface area contributed by atoms with Gasteiger partial charge in [-0.1, -0.05) is 24.3 Å². The highest BCUT2D eigenvalue weighted by atomic mass is 32.1. The van der Waals surface area contributed by atoms with E-state index >= 15 is 0 Å². The number of nitrogens with zero attached hydrogens (tertiary/aromatic N) is 4. The minimum absolute atomic E-state index is 0.108. The summed E-state index contributed by atoms with van der Waals surface area (Å²) in [6, 6.07) is 14.9. The van der Waals surface area contributed by atoms with E-state index in [1.165, 1.54) is 42.5 Å². The van der Waals surface area contributed by atoms with Gasteiger partial charge in [0.1, 0.15) is 24.2 Å². The van der Waals surface area contributed by atoms with Gasteiger partial charge in [0.15, 0.2) is 5.11 Å². The van der Waals surface area contributed by atoms with Crippen molar-refractivity contribution in [2.24, 2.45) is 0 Å². The van der Waals surface area contributed by atoms with Gasteiger partial charge < -0.3 is 24.8 Å². The summed E-state index contributed by atoms with van der Waals surface area (Å²) in [6.45, 7) is 0.595. The molecule has 0 spiro atoms. The molecule has 13 heteroatoms. The Morgan fingerprint density at radius 3 is 2.49 bits per heavy atom. The van der Waals surface area contributed by atoms with Crippen molar-refractivity contribution in [2.75, 3.05) is 43.6 Å². The Bertz CT molecular complexity index is 1530. The molecule has 0 saturated carbocycles. The number of morpholine rings is 1. The lowest BCUT2D eigenvalue weighted by atomic mass is 10.1. The maximum absolute atomic E-state index is 13.8. The van der Waals surface area contributed by atoms with Crippen molar-refractivity contribution in [3.8, 4) is 11.5 Å². The Balaban J connectivity index is 1.35. The second kappa shape index (κ2) is 13.0. The molecular weight excluding hydrogens is 574 g/mol. The molecule has 0 bridgehead atoms. The van der Waals surface area contributed by atoms with E-state index in [0.717, 1.165) is 10.5 Å². The van der Waals surface area contributed by atoms with Gasteiger partial charge in [0.25, 0.3) is 17.7 Å². The van der Waals surface area contributed by atoms with E-state index in [1.54, 1.807) is 41.3 Å². The third-order valence-corrected chi connectivity index (χ3v) is 7.52. The van der Waals surface area contributed by atoms with Gasteiger partial charge in [-0.05, 0) is 60.6 Å². The predicted molar refractivity (Wildman–Crippen MR) is 158 cm³/mol. The molecule has 5 rings (SSSR count). The highest BCUT2D eigenvalue weighted by molar-refractivity contribution is 7.80. The largest absolute Gasteiger partial charge is 0.872 e. The summed E-state index contributed by atoms with van der Waals surface area (Å²) in [5.74, 6) is -0.976. The third kappa shape index (κ3) is 6.63. The van der Waals surface area contributed by atoms with Gasteiger partial charge in [0.05, 0.1) is 38.6 Å². The van der Waals surface area contributed by atoms with Gasteiger partial charge in [-0.25, -0.2) is 4.98 Å². The van der Waals surface area contributed by atoms with E-state index in [2.05, 4.69) is 10.3 Å². The number of methoxy groups -OCH3 is 1. The average Bonchev–Trinajstić information content (AvgIpc) is 3.24. The van der Waals surface area contributed by atoms with E-state index in [9.17, 15) is 24.3 Å². The first-order valence-electron chi connectivity index (χ1n) is 13.5. The standard InChI is InChI=1S/C30H29N5O7S/c1-41-23-10-11-25(31-17-23)32-26(37)16-24-29(40)35(30(43)33(24)13-12-19-2-8-22(36)9-3-19)21-6-4-20(5-7-21)28(39)34-14-15-42-18-27(34)38/h2-11,17,24,36H,12-16,18H2,1H3,(H,31,32,37)/p-1. The molecule has 1 aromatic heterocycles. The lowest BCUT2D eigenvalue weighted by molar-refractivity contribution is -0.268. The van der Waals surface area contributed by atoms with Gasteiger partial charge in [-0.3, -0.25) is 29.0 Å². The number of thiocarbonyl (C=S) groups is 1. The number of hydrogen-bond donors (Lipinski definition) is 1. The topological polar surface area (TPSA) is 144 Å². The first kappa shape index (κ1) is 29.6. The molecule has 1 N–H and O–H groups in total. The van der Waals surface area contributed by atoms with Crippen molar-refractivity contribution in [2.45, 2.75) is 18.9 Å². The summed E-state index contributed by atoms with van der Waals surface area (Å²) >= 11 is 5.74. The van der Waals surface area contributed by atoms with Crippen LogP contribution in [0, 0.1) is 0 Å². The molecule has 3 heterocycles. The molecule has 0 aliphatic carbocycles. The molecule has 3 aromatic rings. The van der Waals surface area contributed by atoms with E-state index in [1.807, 2.05) is 0 Å². The van der Waals surface area contributed by atoms with Crippen LogP contribution in [0.1, 0.15) is 22.3 Å². The number of rotatable bonds is 9. The molecule has 4 amide bonds. The summed E-state index contributed by atoms with van der Waals surface area (Å²) in [5, 5.41) is 14.4. The van der Waals surface area contributed by atoms with Crippen molar-refractivity contribution in [3.63, 3.8) is 0 Å². The number of imide groups is 1. The summed E-state index contributed by atoms with van der Waals surface area (Å²) in [5.41, 5.74) is 1.57. The van der Waals surface area contributed by atoms with Gasteiger partial charge in [-0.2, -0.15) is 0 Å². The smallest absolute Gasteiger partial charge is 0.260 e. The summed E-state index contributed by atoms with van der Waals surface area (Å²) in [7, 11) is 1.51. The predicted octanol–water partition coefficient (Wildman–Crippen LogP) is 1.74. The van der Waals surface area contributed by atoms with Crippen molar-refractivity contribution in [3.05, 3.63) is 78.0 Å². The maximum Gasteiger partial charge on any atom is 0.260 e. The monoisotopic (exact) mass is 602 g/mol. The molecule has 222 valence electrons. The molecule has 2 aliphatic rings. The van der Waals surface area contributed by atoms with E-state index in [0.29, 0.717) is 30.2 Å². The Morgan fingerprint density at radius 1 is 1.09 bits per heavy atom. The Morgan fingerprint density at radius 2 is 1.84 bits per heavy atom. The number of ether oxygens (including phenoxy) is 2. The minimum Gasteiger partial charge on any atom is -0.872 e. The normalized spacial score (nSPS) is 16.9. The quantitative estimate of drug-likeness (QED) is 0.284. The lowest BCUT2D eigenvalue weighted by Crippen LogP contribution is -2.45. The second-order valence-electron chi connectivity index (χ2n) is 9.84. The lowest BCUT2D eigenvalue weighted by Gasteiger charge is -2.25. The zero-order valence-electron chi connectivity index (χ0n) is 23.2. The summed E-state index contributed by atoms with van der Waals surface area (Å²) < 4.78 is 10.2. The van der Waals surface area contributed by atoms with Crippen molar-refractivity contribution in [1.82, 2.24) is 14.8 Å². The van der Waals surface area contributed by atoms with Crippen molar-refractivity contribution < 1.29 is 33.8 Å². The van der Waals surface area contributed by atoms with E-state index in [-0.39, 0.29) is 42.6 Å². The summed E-state index contributed by atoms with van der Waals surface area (Å²) in [6.07, 6.45) is 1.75. The van der Waals surface area contributed by atoms with Crippen LogP contribution < -0.4 is 20.1 Å². The van der Waals surface area contributed by atoms with Gasteiger partial charge in [0, 0.05) is 12.1 Å². The first-order chi connectivity index (χ1) is 20.7. The molecule has 2 saturated heterocycles. The fourth-order valence-corrected chi connectivity index (χ4v) is 5.23. The molecule has 0 radical (unpaired) electrons. The fraction of sp³-hybridized carbons (Fsp3) is 0.267. The number of carbonyl (C=O) groups excluding carboxylic acids is 4. The summed E-state index contributed by atoms with van der Waals surface area (Å²) in [4.78, 5) is 60.1. The Kier molecular flexibility index (Phi) is 8.93. The van der Waals surface area contributed by atoms with Gasteiger partial charge in [0.2, 0.25) is 5.91 Å². The average molecular weight is 603 g/mol. The van der Waals surface area contributed by atoms with Crippen LogP contribution in [0.2, 0.25) is 0 Å². The number of anilines is 2. The van der Waals surface area contributed by atoms with Crippen LogP contribution in [0.5, 0.6) is 11.5 Å². The van der Waals surface area contributed by atoms with Crippen LogP contribution in [0.15, 0.2) is 66.9 Å². The molecular formula is C30H28N5O7S-. The number of carbonyl (C=O) groups is 4. The fourth-order valence-electron chi connectivity index (χ4n) is 4.82. The van der Waals surface area contributed by atoms with Crippen molar-refractivity contribution >= 4 is 52.5 Å². The molecule has 43 heavy (non-hydrogen) atoms. The zero-order chi connectivity index (χ0) is 30.5. The van der Waals surface area contributed by atoms with Gasteiger partial charge in [-0.15, -0.1) is 5.75 Å². The minimum atomic E-state index is -0.906. The van der Waals surface area contributed by atoms with Crippen molar-refractivity contribution in [1.29, 1.82) is 0 Å². The van der Waals surface area contributed by atoms with E-state index in [4.69, 9.17) is 21.7 Å². The van der Waals surface area contributed by atoms with Crippen LogP contribution >= 0.6 is 12.2 Å². The highest BCUT2D eigenvalue weighted by Crippen LogP contribution is 2.28. The zero-order valence-corrected chi connectivity index (χ0v) is 24.0. The van der Waals surface area contributed by atoms with Crippen LogP contribution in [-0.4, -0.2) is 83.0 Å². The van der Waals surface area contributed by atoms with E-state index < -0.39 is 29.7 Å². The Hall–Kier alpha value is -4.88. The third-order valence-electron chi connectivity index (χ3n) is 7.11. The first-order valence-corrected chi connectivity index (χ1v) is 13.9. The van der Waals surface area contributed by atoms with Crippen LogP contribution in [0.3, 0.4) is 0 Å². The highest BCUT2D eigenvalue weighted by Gasteiger charge is 2.44. The molecule has 2 fully saturated rings. The SMILES string of the molecule is COc1ccc(NC(=O)CC2C(=O)N(c3ccc(C(=O)N4CCOCC4=O)cc3)C(=S)N2CCc2ccc([O-])cc2)nc1. The molecule has 2 aliphatic heterocycles. The van der Waals surface area contributed by atoms with Crippen LogP contribution in [0.4, 0.5) is 11.5 Å². The number of hydrogen-bond acceptors (Lipinski definition) is 9. The van der Waals surface area contributed by atoms with Crippen LogP contribution in [-0.2, 0) is 25.5 Å². The number of benzene rings is 2.